The number of rotatable bonds is 4. The highest BCUT2D eigenvalue weighted by atomic mass is 15.0. The highest BCUT2D eigenvalue weighted by Gasteiger charge is 2.07. The van der Waals surface area contributed by atoms with Gasteiger partial charge in [-0.15, -0.1) is 0 Å². The molecule has 4 aromatic rings. The number of benzene rings is 1. The second-order valence-electron chi connectivity index (χ2n) is 5.73. The van der Waals surface area contributed by atoms with Crippen molar-refractivity contribution in [3.8, 4) is 6.07 Å². The van der Waals surface area contributed by atoms with Crippen molar-refractivity contribution < 1.29 is 0 Å². The second-order valence-corrected chi connectivity index (χ2v) is 5.73. The molecule has 3 aromatic heterocycles. The van der Waals surface area contributed by atoms with Crippen LogP contribution in [0.3, 0.4) is 0 Å². The molecule has 0 spiro atoms. The van der Waals surface area contributed by atoms with Crippen molar-refractivity contribution in [1.29, 1.82) is 5.26 Å². The number of aromatic amines is 1. The van der Waals surface area contributed by atoms with E-state index in [4.69, 9.17) is 5.26 Å². The molecule has 116 valence electrons. The third-order valence-corrected chi connectivity index (χ3v) is 4.05. The van der Waals surface area contributed by atoms with E-state index in [2.05, 4.69) is 37.7 Å². The van der Waals surface area contributed by atoms with Gasteiger partial charge in [-0.05, 0) is 35.9 Å². The monoisotopic (exact) mass is 313 g/mol. The van der Waals surface area contributed by atoms with E-state index in [1.807, 2.05) is 42.9 Å². The summed E-state index contributed by atoms with van der Waals surface area (Å²) in [6, 6.07) is 15.9. The summed E-state index contributed by atoms with van der Waals surface area (Å²) >= 11 is 0. The molecule has 1 N–H and O–H groups in total. The van der Waals surface area contributed by atoms with Gasteiger partial charge in [-0.25, -0.2) is 9.97 Å². The van der Waals surface area contributed by atoms with Crippen molar-refractivity contribution in [2.45, 2.75) is 13.0 Å². The van der Waals surface area contributed by atoms with Crippen molar-refractivity contribution in [3.63, 3.8) is 0 Å². The summed E-state index contributed by atoms with van der Waals surface area (Å²) in [5.74, 6) is 0. The largest absolute Gasteiger partial charge is 0.343 e. The molecule has 0 aliphatic carbocycles. The van der Waals surface area contributed by atoms with E-state index in [0.717, 1.165) is 41.0 Å². The van der Waals surface area contributed by atoms with E-state index in [9.17, 15) is 0 Å². The maximum absolute atomic E-state index is 8.88. The van der Waals surface area contributed by atoms with Crippen LogP contribution in [0.15, 0.2) is 61.2 Å². The summed E-state index contributed by atoms with van der Waals surface area (Å²) in [6.07, 6.45) is 6.29. The molecule has 0 atom stereocenters. The Morgan fingerprint density at radius 3 is 2.83 bits per heavy atom. The number of nitrogens with one attached hydrogen (secondary N) is 1. The average molecular weight is 313 g/mol. The lowest BCUT2D eigenvalue weighted by Crippen LogP contribution is -2.04. The molecular weight excluding hydrogens is 298 g/mol. The van der Waals surface area contributed by atoms with Crippen LogP contribution in [0.5, 0.6) is 0 Å². The quantitative estimate of drug-likeness (QED) is 0.628. The molecule has 0 saturated heterocycles. The highest BCUT2D eigenvalue weighted by molar-refractivity contribution is 5.76. The molecule has 0 radical (unpaired) electrons. The third-order valence-electron chi connectivity index (χ3n) is 4.05. The summed E-state index contributed by atoms with van der Waals surface area (Å²) in [6.45, 7) is 0.736. The average Bonchev–Trinajstić information content (AvgIpc) is 3.22. The van der Waals surface area contributed by atoms with Crippen LogP contribution in [0, 0.1) is 11.3 Å². The van der Waals surface area contributed by atoms with Gasteiger partial charge in [0.15, 0.2) is 0 Å². The molecule has 3 heterocycles. The van der Waals surface area contributed by atoms with Crippen LogP contribution in [-0.4, -0.2) is 19.5 Å². The van der Waals surface area contributed by atoms with E-state index in [1.54, 1.807) is 6.20 Å². The van der Waals surface area contributed by atoms with Gasteiger partial charge in [-0.1, -0.05) is 12.1 Å². The van der Waals surface area contributed by atoms with Crippen molar-refractivity contribution >= 4 is 11.0 Å². The molecule has 0 saturated carbocycles. The molecular formula is C19H15N5. The zero-order chi connectivity index (χ0) is 16.4. The first-order valence-corrected chi connectivity index (χ1v) is 7.72. The van der Waals surface area contributed by atoms with E-state index in [0.29, 0.717) is 5.56 Å². The minimum atomic E-state index is 0.676. The number of pyridine rings is 1. The van der Waals surface area contributed by atoms with Gasteiger partial charge in [-0.2, -0.15) is 5.26 Å². The molecule has 0 aliphatic rings. The Hall–Kier alpha value is -3.39. The number of aromatic nitrogens is 4. The van der Waals surface area contributed by atoms with Crippen LogP contribution in [0.1, 0.15) is 22.5 Å². The van der Waals surface area contributed by atoms with Crippen LogP contribution in [-0.2, 0) is 13.0 Å². The van der Waals surface area contributed by atoms with E-state index in [-0.39, 0.29) is 0 Å². The molecule has 0 amide bonds. The fourth-order valence-corrected chi connectivity index (χ4v) is 2.82. The standard InChI is InChI=1S/C19H15N5/c20-10-14-3-5-15(6-4-14)12-24-13-21-11-18(24)9-17-8-16-2-1-7-22-19(16)23-17/h1-8,11,13H,9,12H2,(H,22,23). The van der Waals surface area contributed by atoms with Gasteiger partial charge < -0.3 is 9.55 Å². The summed E-state index contributed by atoms with van der Waals surface area (Å²) in [5.41, 5.74) is 4.98. The smallest absolute Gasteiger partial charge is 0.137 e. The predicted octanol–water partition coefficient (Wildman–Crippen LogP) is 3.27. The second kappa shape index (κ2) is 6.01. The Labute approximate surface area is 139 Å². The summed E-state index contributed by atoms with van der Waals surface area (Å²) in [5, 5.41) is 10.00. The highest BCUT2D eigenvalue weighted by Crippen LogP contribution is 2.16. The van der Waals surface area contributed by atoms with Crippen LogP contribution in [0.25, 0.3) is 11.0 Å². The van der Waals surface area contributed by atoms with Gasteiger partial charge in [0.25, 0.3) is 0 Å². The summed E-state index contributed by atoms with van der Waals surface area (Å²) in [7, 11) is 0. The van der Waals surface area contributed by atoms with Crippen LogP contribution < -0.4 is 0 Å². The lowest BCUT2D eigenvalue weighted by atomic mass is 10.1. The fourth-order valence-electron chi connectivity index (χ4n) is 2.82. The molecule has 5 heteroatoms. The molecule has 5 nitrogen and oxygen atoms in total. The Balaban J connectivity index is 1.56. The van der Waals surface area contributed by atoms with Gasteiger partial charge in [0.1, 0.15) is 5.65 Å². The molecule has 0 bridgehead atoms. The van der Waals surface area contributed by atoms with E-state index < -0.39 is 0 Å². The molecule has 0 aliphatic heterocycles. The Morgan fingerprint density at radius 2 is 2.04 bits per heavy atom. The van der Waals surface area contributed by atoms with Gasteiger partial charge in [0.2, 0.25) is 0 Å². The molecule has 4 rings (SSSR count). The lowest BCUT2D eigenvalue weighted by molar-refractivity contribution is 0.750. The third kappa shape index (κ3) is 2.77. The Bertz CT molecular complexity index is 985. The number of nitriles is 1. The van der Waals surface area contributed by atoms with Crippen LogP contribution >= 0.6 is 0 Å². The molecule has 24 heavy (non-hydrogen) atoms. The number of H-pyrrole nitrogens is 1. The maximum Gasteiger partial charge on any atom is 0.137 e. The number of hydrogen-bond donors (Lipinski definition) is 1. The first-order valence-electron chi connectivity index (χ1n) is 7.72. The number of imidazole rings is 1. The topological polar surface area (TPSA) is 70.3 Å². The first kappa shape index (κ1) is 14.2. The van der Waals surface area contributed by atoms with Crippen LogP contribution in [0.2, 0.25) is 0 Å². The van der Waals surface area contributed by atoms with Crippen molar-refractivity contribution in [1.82, 2.24) is 19.5 Å². The van der Waals surface area contributed by atoms with Gasteiger partial charge in [0, 0.05) is 42.1 Å². The minimum absolute atomic E-state index is 0.676. The van der Waals surface area contributed by atoms with Gasteiger partial charge in [-0.3, -0.25) is 0 Å². The van der Waals surface area contributed by atoms with Crippen molar-refractivity contribution in [2.75, 3.05) is 0 Å². The number of fused-ring (bicyclic) bond motifs is 1. The van der Waals surface area contributed by atoms with E-state index in [1.165, 1.54) is 0 Å². The number of hydrogen-bond acceptors (Lipinski definition) is 3. The normalized spacial score (nSPS) is 10.8. The minimum Gasteiger partial charge on any atom is -0.343 e. The zero-order valence-electron chi connectivity index (χ0n) is 13.0. The van der Waals surface area contributed by atoms with Crippen molar-refractivity contribution in [3.05, 3.63) is 83.7 Å². The summed E-state index contributed by atoms with van der Waals surface area (Å²) in [4.78, 5) is 12.0. The van der Waals surface area contributed by atoms with Gasteiger partial charge in [0.05, 0.1) is 18.0 Å². The van der Waals surface area contributed by atoms with E-state index >= 15 is 0 Å². The molecule has 1 aromatic carbocycles. The fraction of sp³-hybridized carbons (Fsp3) is 0.105. The predicted molar refractivity (Wildman–Crippen MR) is 91.4 cm³/mol. The lowest BCUT2D eigenvalue weighted by Gasteiger charge is -2.08. The maximum atomic E-state index is 8.88. The van der Waals surface area contributed by atoms with Crippen molar-refractivity contribution in [2.24, 2.45) is 0 Å². The zero-order valence-corrected chi connectivity index (χ0v) is 13.0. The first-order chi connectivity index (χ1) is 11.8. The van der Waals surface area contributed by atoms with Gasteiger partial charge >= 0.3 is 0 Å². The van der Waals surface area contributed by atoms with Crippen LogP contribution in [0.4, 0.5) is 0 Å². The molecule has 0 fully saturated rings. The SMILES string of the molecule is N#Cc1ccc(Cn2cncc2Cc2cc3cccnc3[nH]2)cc1. The molecule has 0 unspecified atom stereocenters. The Kier molecular flexibility index (Phi) is 3.56. The Morgan fingerprint density at radius 1 is 1.17 bits per heavy atom. The summed E-state index contributed by atoms with van der Waals surface area (Å²) < 4.78 is 2.13. The number of nitrogens with zero attached hydrogens (tertiary/aromatic N) is 4.